The van der Waals surface area contributed by atoms with Crippen LogP contribution in [0.4, 0.5) is 0 Å². The summed E-state index contributed by atoms with van der Waals surface area (Å²) in [6, 6.07) is 11.7. The van der Waals surface area contributed by atoms with Crippen LogP contribution in [0.2, 0.25) is 10.0 Å². The molecule has 120 valence electrons. The lowest BCUT2D eigenvalue weighted by atomic mass is 10.2. The first-order valence-electron chi connectivity index (χ1n) is 6.56. The summed E-state index contributed by atoms with van der Waals surface area (Å²) in [6.07, 6.45) is 0. The maximum absolute atomic E-state index is 12.1. The van der Waals surface area contributed by atoms with E-state index in [1.165, 1.54) is 18.9 Å². The lowest BCUT2D eigenvalue weighted by molar-refractivity contribution is -0.117. The van der Waals surface area contributed by atoms with Gasteiger partial charge in [0.2, 0.25) is 5.91 Å². The highest BCUT2D eigenvalue weighted by molar-refractivity contribution is 8.00. The number of halogens is 2. The van der Waals surface area contributed by atoms with Crippen molar-refractivity contribution in [3.05, 3.63) is 58.1 Å². The van der Waals surface area contributed by atoms with Crippen LogP contribution < -0.4 is 10.1 Å². The van der Waals surface area contributed by atoms with Crippen molar-refractivity contribution in [2.75, 3.05) is 12.9 Å². The maximum atomic E-state index is 12.1. The Morgan fingerprint density at radius 2 is 1.91 bits per heavy atom. The Labute approximate surface area is 148 Å². The first-order chi connectivity index (χ1) is 11.0. The molecule has 0 bridgehead atoms. The Morgan fingerprint density at radius 3 is 2.65 bits per heavy atom. The van der Waals surface area contributed by atoms with E-state index in [4.69, 9.17) is 27.9 Å². The molecule has 0 radical (unpaired) electrons. The van der Waals surface area contributed by atoms with Gasteiger partial charge in [0.05, 0.1) is 23.4 Å². The number of rotatable bonds is 5. The number of methoxy groups -OCH3 is 1. The van der Waals surface area contributed by atoms with Gasteiger partial charge in [-0.1, -0.05) is 35.3 Å². The second-order valence-corrected chi connectivity index (χ2v) is 6.30. The molecule has 7 heteroatoms. The smallest absolute Gasteiger partial charge is 0.261 e. The Bertz CT molecular complexity index is 737. The van der Waals surface area contributed by atoms with Gasteiger partial charge in [0, 0.05) is 9.92 Å². The van der Waals surface area contributed by atoms with Crippen molar-refractivity contribution >= 4 is 46.8 Å². The van der Waals surface area contributed by atoms with E-state index in [0.29, 0.717) is 26.3 Å². The van der Waals surface area contributed by atoms with E-state index in [-0.39, 0.29) is 5.75 Å². The van der Waals surface area contributed by atoms with Gasteiger partial charge in [0.1, 0.15) is 5.75 Å². The van der Waals surface area contributed by atoms with E-state index in [1.807, 2.05) is 0 Å². The third kappa shape index (κ3) is 4.89. The number of carbonyl (C=O) groups is 2. The minimum absolute atomic E-state index is 0.0426. The van der Waals surface area contributed by atoms with Gasteiger partial charge < -0.3 is 4.74 Å². The summed E-state index contributed by atoms with van der Waals surface area (Å²) in [7, 11) is 1.46. The van der Waals surface area contributed by atoms with Gasteiger partial charge in [-0.3, -0.25) is 14.9 Å². The Morgan fingerprint density at radius 1 is 1.17 bits per heavy atom. The number of nitrogens with one attached hydrogen (secondary N) is 1. The number of amides is 2. The number of benzene rings is 2. The van der Waals surface area contributed by atoms with Gasteiger partial charge in [-0.2, -0.15) is 0 Å². The highest BCUT2D eigenvalue weighted by Gasteiger charge is 2.15. The molecule has 0 saturated carbocycles. The third-order valence-electron chi connectivity index (χ3n) is 2.86. The van der Waals surface area contributed by atoms with Crippen molar-refractivity contribution in [1.82, 2.24) is 5.32 Å². The van der Waals surface area contributed by atoms with Crippen molar-refractivity contribution in [1.29, 1.82) is 0 Å². The van der Waals surface area contributed by atoms with E-state index in [0.717, 1.165) is 0 Å². The molecule has 0 saturated heterocycles. The SMILES string of the molecule is COc1ccccc1C(=O)NC(=O)CSc1cc(Cl)ccc1Cl. The van der Waals surface area contributed by atoms with E-state index >= 15 is 0 Å². The zero-order valence-electron chi connectivity index (χ0n) is 12.1. The van der Waals surface area contributed by atoms with Crippen LogP contribution in [0.25, 0.3) is 0 Å². The summed E-state index contributed by atoms with van der Waals surface area (Å²) >= 11 is 13.1. The molecule has 23 heavy (non-hydrogen) atoms. The predicted molar refractivity (Wildman–Crippen MR) is 92.7 cm³/mol. The summed E-state index contributed by atoms with van der Waals surface area (Å²) in [6.45, 7) is 0. The van der Waals surface area contributed by atoms with Crippen molar-refractivity contribution < 1.29 is 14.3 Å². The molecule has 4 nitrogen and oxygen atoms in total. The van der Waals surface area contributed by atoms with Crippen molar-refractivity contribution in [2.24, 2.45) is 0 Å². The fraction of sp³-hybridized carbons (Fsp3) is 0.125. The van der Waals surface area contributed by atoms with Crippen molar-refractivity contribution in [2.45, 2.75) is 4.90 Å². The van der Waals surface area contributed by atoms with Crippen LogP contribution in [-0.2, 0) is 4.79 Å². The average molecular weight is 370 g/mol. The minimum Gasteiger partial charge on any atom is -0.496 e. The molecule has 0 fully saturated rings. The number of thioether (sulfide) groups is 1. The van der Waals surface area contributed by atoms with Gasteiger partial charge in [0.25, 0.3) is 5.91 Å². The zero-order valence-corrected chi connectivity index (χ0v) is 14.5. The van der Waals surface area contributed by atoms with Crippen LogP contribution in [-0.4, -0.2) is 24.7 Å². The molecular weight excluding hydrogens is 357 g/mol. The second kappa shape index (κ2) is 8.24. The molecule has 0 aliphatic rings. The average Bonchev–Trinajstić information content (AvgIpc) is 2.55. The number of imide groups is 1. The van der Waals surface area contributed by atoms with Gasteiger partial charge in [-0.25, -0.2) is 0 Å². The molecule has 0 heterocycles. The van der Waals surface area contributed by atoms with Crippen LogP contribution >= 0.6 is 35.0 Å². The molecule has 2 rings (SSSR count). The molecule has 2 aromatic carbocycles. The Hall–Kier alpha value is -1.69. The highest BCUT2D eigenvalue weighted by atomic mass is 35.5. The zero-order chi connectivity index (χ0) is 16.8. The number of hydrogen-bond donors (Lipinski definition) is 1. The summed E-state index contributed by atoms with van der Waals surface area (Å²) in [4.78, 5) is 24.7. The van der Waals surface area contributed by atoms with E-state index < -0.39 is 11.8 Å². The largest absolute Gasteiger partial charge is 0.496 e. The van der Waals surface area contributed by atoms with Crippen molar-refractivity contribution in [3.63, 3.8) is 0 Å². The first-order valence-corrected chi connectivity index (χ1v) is 8.30. The lowest BCUT2D eigenvalue weighted by Crippen LogP contribution is -2.32. The highest BCUT2D eigenvalue weighted by Crippen LogP contribution is 2.29. The fourth-order valence-corrected chi connectivity index (χ4v) is 3.09. The van der Waals surface area contributed by atoms with Crippen LogP contribution in [0, 0.1) is 0 Å². The number of para-hydroxylation sites is 1. The summed E-state index contributed by atoms with van der Waals surface area (Å²) in [5.74, 6) is -0.489. The predicted octanol–water partition coefficient (Wildman–Crippen LogP) is 4.05. The standard InChI is InChI=1S/C16H13Cl2NO3S/c1-22-13-5-3-2-4-11(13)16(21)19-15(20)9-23-14-8-10(17)6-7-12(14)18/h2-8H,9H2,1H3,(H,19,20,21). The van der Waals surface area contributed by atoms with Crippen LogP contribution in [0.5, 0.6) is 5.75 Å². The van der Waals surface area contributed by atoms with Gasteiger partial charge in [-0.15, -0.1) is 11.8 Å². The summed E-state index contributed by atoms with van der Waals surface area (Å²) in [5.41, 5.74) is 0.300. The molecule has 1 N–H and O–H groups in total. The maximum Gasteiger partial charge on any atom is 0.261 e. The van der Waals surface area contributed by atoms with E-state index in [9.17, 15) is 9.59 Å². The van der Waals surface area contributed by atoms with Crippen LogP contribution in [0.15, 0.2) is 47.4 Å². The van der Waals surface area contributed by atoms with E-state index in [2.05, 4.69) is 5.32 Å². The molecule has 2 aromatic rings. The third-order valence-corrected chi connectivity index (χ3v) is 4.59. The van der Waals surface area contributed by atoms with Gasteiger partial charge in [-0.05, 0) is 30.3 Å². The molecule has 0 spiro atoms. The number of hydrogen-bond acceptors (Lipinski definition) is 4. The van der Waals surface area contributed by atoms with Crippen molar-refractivity contribution in [3.8, 4) is 5.75 Å². The monoisotopic (exact) mass is 369 g/mol. The minimum atomic E-state index is -0.509. The molecular formula is C16H13Cl2NO3S. The fourth-order valence-electron chi connectivity index (χ4n) is 1.79. The Kier molecular flexibility index (Phi) is 6.33. The molecule has 2 amide bonds. The molecule has 0 aliphatic carbocycles. The number of carbonyl (C=O) groups excluding carboxylic acids is 2. The van der Waals surface area contributed by atoms with E-state index in [1.54, 1.807) is 42.5 Å². The molecule has 0 aromatic heterocycles. The molecule has 0 aliphatic heterocycles. The first kappa shape index (κ1) is 17.7. The van der Waals surface area contributed by atoms with Gasteiger partial charge >= 0.3 is 0 Å². The van der Waals surface area contributed by atoms with Crippen LogP contribution in [0.1, 0.15) is 10.4 Å². The van der Waals surface area contributed by atoms with Crippen LogP contribution in [0.3, 0.4) is 0 Å². The second-order valence-electron chi connectivity index (χ2n) is 4.44. The topological polar surface area (TPSA) is 55.4 Å². The lowest BCUT2D eigenvalue weighted by Gasteiger charge is -2.08. The number of ether oxygens (including phenoxy) is 1. The summed E-state index contributed by atoms with van der Waals surface area (Å²) < 4.78 is 5.10. The molecule has 0 atom stereocenters. The normalized spacial score (nSPS) is 10.2. The quantitative estimate of drug-likeness (QED) is 0.807. The summed E-state index contributed by atoms with van der Waals surface area (Å²) in [5, 5.41) is 3.35. The molecule has 0 unspecified atom stereocenters. The van der Waals surface area contributed by atoms with Gasteiger partial charge in [0.15, 0.2) is 0 Å². The Balaban J connectivity index is 1.97.